The molecule has 0 aromatic rings. The molecule has 0 aromatic carbocycles. The first-order chi connectivity index (χ1) is 11.4. The Morgan fingerprint density at radius 1 is 1.12 bits per heavy atom. The Labute approximate surface area is 149 Å². The summed E-state index contributed by atoms with van der Waals surface area (Å²) in [6, 6.07) is 0. The second-order valence-electron chi connectivity index (χ2n) is 7.82. The molecule has 0 bridgehead atoms. The second-order valence-corrected chi connectivity index (χ2v) is 7.82. The Bertz CT molecular complexity index is 482. The van der Waals surface area contributed by atoms with E-state index in [1.807, 2.05) is 34.6 Å². The summed E-state index contributed by atoms with van der Waals surface area (Å²) in [5, 5.41) is 2.54. The minimum atomic E-state index is -0.624. The van der Waals surface area contributed by atoms with Crippen LogP contribution in [-0.2, 0) is 24.1 Å². The monoisotopic (exact) mass is 358 g/mol. The highest BCUT2D eigenvalue weighted by Gasteiger charge is 2.29. The van der Waals surface area contributed by atoms with Gasteiger partial charge in [-0.2, -0.15) is 0 Å². The van der Waals surface area contributed by atoms with Gasteiger partial charge >= 0.3 is 6.09 Å². The van der Waals surface area contributed by atoms with Crippen LogP contribution in [0.5, 0.6) is 0 Å². The van der Waals surface area contributed by atoms with Crippen LogP contribution in [0.2, 0.25) is 0 Å². The second kappa shape index (κ2) is 8.62. The van der Waals surface area contributed by atoms with Crippen molar-refractivity contribution in [1.82, 2.24) is 10.2 Å². The zero-order valence-corrected chi connectivity index (χ0v) is 16.0. The van der Waals surface area contributed by atoms with Gasteiger partial charge < -0.3 is 10.1 Å². The molecular formula is C17H30N2O6. The number of nitrogens with zero attached hydrogens (tertiary/aromatic N) is 1. The number of carbonyl (C=O) groups is 3. The van der Waals surface area contributed by atoms with Crippen LogP contribution in [0, 0.1) is 0 Å². The predicted molar refractivity (Wildman–Crippen MR) is 90.5 cm³/mol. The molecule has 0 saturated carbocycles. The van der Waals surface area contributed by atoms with Crippen LogP contribution in [0.15, 0.2) is 0 Å². The molecule has 0 aromatic heterocycles. The number of ether oxygens (including phenoxy) is 1. The van der Waals surface area contributed by atoms with Crippen LogP contribution in [0.25, 0.3) is 0 Å². The van der Waals surface area contributed by atoms with Gasteiger partial charge in [0.1, 0.15) is 11.7 Å². The van der Waals surface area contributed by atoms with Gasteiger partial charge in [0, 0.05) is 32.4 Å². The summed E-state index contributed by atoms with van der Waals surface area (Å²) in [4.78, 5) is 46.6. The van der Waals surface area contributed by atoms with E-state index in [2.05, 4.69) is 5.32 Å². The lowest BCUT2D eigenvalue weighted by Gasteiger charge is -2.30. The largest absolute Gasteiger partial charge is 0.446 e. The van der Waals surface area contributed by atoms with E-state index in [0.717, 1.165) is 4.90 Å². The van der Waals surface area contributed by atoms with E-state index >= 15 is 0 Å². The summed E-state index contributed by atoms with van der Waals surface area (Å²) in [5.74, 6) is -0.405. The first-order valence-electron chi connectivity index (χ1n) is 8.54. The molecule has 0 radical (unpaired) electrons. The van der Waals surface area contributed by atoms with E-state index in [9.17, 15) is 14.4 Å². The van der Waals surface area contributed by atoms with Crippen LogP contribution >= 0.6 is 0 Å². The molecule has 1 aliphatic heterocycles. The van der Waals surface area contributed by atoms with Gasteiger partial charge in [0.2, 0.25) is 11.8 Å². The van der Waals surface area contributed by atoms with Gasteiger partial charge in [-0.25, -0.2) is 14.6 Å². The number of rotatable bonds is 8. The average Bonchev–Trinajstić information content (AvgIpc) is 2.75. The average molecular weight is 358 g/mol. The van der Waals surface area contributed by atoms with Crippen LogP contribution in [0.4, 0.5) is 4.79 Å². The molecule has 25 heavy (non-hydrogen) atoms. The van der Waals surface area contributed by atoms with Gasteiger partial charge in [-0.15, -0.1) is 0 Å². The Morgan fingerprint density at radius 3 is 2.20 bits per heavy atom. The first-order valence-corrected chi connectivity index (χ1v) is 8.54. The van der Waals surface area contributed by atoms with Gasteiger partial charge in [0.25, 0.3) is 0 Å². The predicted octanol–water partition coefficient (Wildman–Crippen LogP) is 2.17. The first kappa shape index (κ1) is 21.4. The molecule has 1 rings (SSSR count). The Kier molecular flexibility index (Phi) is 7.37. The third kappa shape index (κ3) is 8.31. The van der Waals surface area contributed by atoms with E-state index < -0.39 is 23.4 Å². The summed E-state index contributed by atoms with van der Waals surface area (Å²) >= 11 is 0. The topological polar surface area (TPSA) is 94.2 Å². The number of amides is 3. The molecule has 0 aliphatic carbocycles. The van der Waals surface area contributed by atoms with E-state index in [-0.39, 0.29) is 37.7 Å². The highest BCUT2D eigenvalue weighted by Crippen LogP contribution is 2.22. The number of nitrogens with one attached hydrogen (secondary N) is 1. The smallest absolute Gasteiger partial charge is 0.407 e. The quantitative estimate of drug-likeness (QED) is 0.406. The molecule has 3 amide bonds. The Morgan fingerprint density at radius 2 is 1.68 bits per heavy atom. The Hall–Kier alpha value is -1.67. The molecule has 8 nitrogen and oxygen atoms in total. The highest BCUT2D eigenvalue weighted by molar-refractivity contribution is 6.01. The minimum absolute atomic E-state index is 0.162. The van der Waals surface area contributed by atoms with E-state index in [4.69, 9.17) is 14.5 Å². The molecule has 144 valence electrons. The molecular weight excluding hydrogens is 328 g/mol. The third-order valence-corrected chi connectivity index (χ3v) is 3.36. The molecule has 1 atom stereocenters. The van der Waals surface area contributed by atoms with Gasteiger partial charge in [0.05, 0.1) is 5.60 Å². The fraction of sp³-hybridized carbons (Fsp3) is 0.824. The van der Waals surface area contributed by atoms with Gasteiger partial charge in [-0.1, -0.05) is 0 Å². The van der Waals surface area contributed by atoms with E-state index in [1.165, 1.54) is 0 Å². The summed E-state index contributed by atoms with van der Waals surface area (Å²) < 4.78 is 5.26. The summed E-state index contributed by atoms with van der Waals surface area (Å²) in [7, 11) is 0. The summed E-state index contributed by atoms with van der Waals surface area (Å²) in [6.07, 6.45) is -0.0646. The van der Waals surface area contributed by atoms with Crippen LogP contribution in [0.3, 0.4) is 0 Å². The maximum absolute atomic E-state index is 11.8. The molecule has 1 N–H and O–H groups in total. The number of likely N-dealkylation sites (tertiary alicyclic amines) is 1. The molecule has 8 heteroatoms. The number of hydrogen-bond acceptors (Lipinski definition) is 6. The van der Waals surface area contributed by atoms with Crippen LogP contribution in [-0.4, -0.2) is 53.2 Å². The number of imide groups is 1. The molecule has 1 heterocycles. The highest BCUT2D eigenvalue weighted by atomic mass is 17.2. The van der Waals surface area contributed by atoms with Crippen molar-refractivity contribution in [1.29, 1.82) is 0 Å². The lowest BCUT2D eigenvalue weighted by molar-refractivity contribution is -0.399. The number of carbonyl (C=O) groups excluding carboxylic acids is 3. The van der Waals surface area contributed by atoms with Crippen molar-refractivity contribution in [3.63, 3.8) is 0 Å². The Balaban J connectivity index is 2.29. The maximum Gasteiger partial charge on any atom is 0.407 e. The fourth-order valence-corrected chi connectivity index (χ4v) is 2.37. The summed E-state index contributed by atoms with van der Waals surface area (Å²) in [6.45, 7) is 11.4. The third-order valence-electron chi connectivity index (χ3n) is 3.36. The molecule has 1 unspecified atom stereocenters. The van der Waals surface area contributed by atoms with Crippen LogP contribution in [0.1, 0.15) is 60.8 Å². The van der Waals surface area contributed by atoms with Crippen molar-refractivity contribution in [3.05, 3.63) is 0 Å². The lowest BCUT2D eigenvalue weighted by atomic mass is 10.0. The molecule has 1 aliphatic rings. The fourth-order valence-electron chi connectivity index (χ4n) is 2.37. The van der Waals surface area contributed by atoms with Gasteiger partial charge in [-0.3, -0.25) is 14.5 Å². The van der Waals surface area contributed by atoms with Gasteiger partial charge in [0.15, 0.2) is 0 Å². The molecule has 1 fully saturated rings. The van der Waals surface area contributed by atoms with Crippen molar-refractivity contribution >= 4 is 17.9 Å². The minimum Gasteiger partial charge on any atom is -0.446 e. The maximum atomic E-state index is 11.8. The standard InChI is InChI=1S/C17H30N2O6/c1-12(11-17(5,6)25-24-16(2,3)4)23-15(22)18-9-10-19-13(20)7-8-14(19)21/h12H,7-11H2,1-6H3,(H,18,22). The number of hydrogen-bond donors (Lipinski definition) is 1. The molecule has 1 saturated heterocycles. The van der Waals surface area contributed by atoms with E-state index in [1.54, 1.807) is 6.92 Å². The lowest BCUT2D eigenvalue weighted by Crippen LogP contribution is -2.39. The summed E-state index contributed by atoms with van der Waals surface area (Å²) in [5.41, 5.74) is -1.05. The van der Waals surface area contributed by atoms with Crippen LogP contribution < -0.4 is 5.32 Å². The van der Waals surface area contributed by atoms with Gasteiger partial charge in [-0.05, 0) is 41.5 Å². The van der Waals surface area contributed by atoms with E-state index in [0.29, 0.717) is 6.42 Å². The van der Waals surface area contributed by atoms with Crippen molar-refractivity contribution in [2.24, 2.45) is 0 Å². The van der Waals surface area contributed by atoms with Crippen molar-refractivity contribution in [2.75, 3.05) is 13.1 Å². The molecule has 0 spiro atoms. The zero-order valence-electron chi connectivity index (χ0n) is 16.0. The SMILES string of the molecule is CC(CC(C)(C)OOC(C)(C)C)OC(=O)NCCN1C(=O)CCC1=O. The van der Waals surface area contributed by atoms with Crippen molar-refractivity contribution in [2.45, 2.75) is 78.1 Å². The van der Waals surface area contributed by atoms with Crippen molar-refractivity contribution in [3.8, 4) is 0 Å². The zero-order chi connectivity index (χ0) is 19.3. The normalized spacial score (nSPS) is 17.0. The number of alkyl carbamates (subject to hydrolysis) is 1. The van der Waals surface area contributed by atoms with Crippen molar-refractivity contribution < 1.29 is 28.9 Å².